The van der Waals surface area contributed by atoms with Crippen LogP contribution >= 0.6 is 0 Å². The van der Waals surface area contributed by atoms with Crippen LogP contribution in [0.1, 0.15) is 29.0 Å². The Labute approximate surface area is 154 Å². The summed E-state index contributed by atoms with van der Waals surface area (Å²) in [5.74, 6) is 0.170. The fourth-order valence-electron chi connectivity index (χ4n) is 3.06. The first-order valence-electron chi connectivity index (χ1n) is 8.88. The van der Waals surface area contributed by atoms with Gasteiger partial charge in [0.1, 0.15) is 6.54 Å². The lowest BCUT2D eigenvalue weighted by Gasteiger charge is -2.18. The summed E-state index contributed by atoms with van der Waals surface area (Å²) in [7, 11) is 1.64. The number of nitrogens with one attached hydrogen (secondary N) is 2. The number of anilines is 1. The number of aryl methyl sites for hydroxylation is 1. The highest BCUT2D eigenvalue weighted by Crippen LogP contribution is 2.40. The molecule has 0 aliphatic heterocycles. The number of amides is 3. The van der Waals surface area contributed by atoms with Gasteiger partial charge in [-0.3, -0.25) is 4.79 Å². The largest absolute Gasteiger partial charge is 0.335 e. The summed E-state index contributed by atoms with van der Waals surface area (Å²) in [6.45, 7) is 3.99. The Morgan fingerprint density at radius 1 is 1.08 bits per heavy atom. The molecule has 0 heterocycles. The molecule has 2 aromatic carbocycles. The standard InChI is InChI=1S/C21H25N3O2/c1-14-8-7-11-18(15(14)2)22-20(25)13-24(3)21(26)23-19-12-17(19)16-9-5-4-6-10-16/h4-11,17,19H,12-13H2,1-3H3,(H,22,25)(H,23,26). The van der Waals surface area contributed by atoms with Gasteiger partial charge >= 0.3 is 6.03 Å². The number of carbonyl (C=O) groups excluding carboxylic acids is 2. The van der Waals surface area contributed by atoms with Gasteiger partial charge in [-0.1, -0.05) is 42.5 Å². The molecule has 3 rings (SSSR count). The highest BCUT2D eigenvalue weighted by atomic mass is 16.2. The fraction of sp³-hybridized carbons (Fsp3) is 0.333. The summed E-state index contributed by atoms with van der Waals surface area (Å²) in [5, 5.41) is 5.88. The van der Waals surface area contributed by atoms with E-state index in [1.807, 2.05) is 50.2 Å². The molecule has 0 aromatic heterocycles. The van der Waals surface area contributed by atoms with Crippen LogP contribution in [-0.2, 0) is 4.79 Å². The van der Waals surface area contributed by atoms with Gasteiger partial charge < -0.3 is 15.5 Å². The Morgan fingerprint density at radius 3 is 2.54 bits per heavy atom. The van der Waals surface area contributed by atoms with E-state index in [0.29, 0.717) is 5.92 Å². The molecule has 2 N–H and O–H groups in total. The van der Waals surface area contributed by atoms with Crippen molar-refractivity contribution in [2.45, 2.75) is 32.2 Å². The number of nitrogens with zero attached hydrogens (tertiary/aromatic N) is 1. The first-order valence-corrected chi connectivity index (χ1v) is 8.88. The second kappa shape index (κ2) is 7.60. The summed E-state index contributed by atoms with van der Waals surface area (Å²) < 4.78 is 0. The normalized spacial score (nSPS) is 18.1. The minimum absolute atomic E-state index is 0.0158. The molecule has 2 aromatic rings. The minimum atomic E-state index is -0.218. The van der Waals surface area contributed by atoms with Crippen molar-refractivity contribution in [1.29, 1.82) is 0 Å². The zero-order chi connectivity index (χ0) is 18.7. The number of benzene rings is 2. The molecule has 3 amide bonds. The highest BCUT2D eigenvalue weighted by molar-refractivity contribution is 5.95. The van der Waals surface area contributed by atoms with Crippen molar-refractivity contribution in [2.24, 2.45) is 0 Å². The van der Waals surface area contributed by atoms with E-state index in [-0.39, 0.29) is 24.5 Å². The van der Waals surface area contributed by atoms with Crippen molar-refractivity contribution in [1.82, 2.24) is 10.2 Å². The van der Waals surface area contributed by atoms with Gasteiger partial charge in [-0.25, -0.2) is 4.79 Å². The summed E-state index contributed by atoms with van der Waals surface area (Å²) >= 11 is 0. The van der Waals surface area contributed by atoms with Gasteiger partial charge in [0.15, 0.2) is 0 Å². The van der Waals surface area contributed by atoms with E-state index >= 15 is 0 Å². The molecule has 26 heavy (non-hydrogen) atoms. The molecule has 5 heteroatoms. The third-order valence-corrected chi connectivity index (χ3v) is 4.93. The van der Waals surface area contributed by atoms with Gasteiger partial charge in [0.2, 0.25) is 5.91 Å². The Hall–Kier alpha value is -2.82. The van der Waals surface area contributed by atoms with Gasteiger partial charge in [-0.15, -0.1) is 0 Å². The van der Waals surface area contributed by atoms with Gasteiger partial charge in [0.25, 0.3) is 0 Å². The predicted octanol–water partition coefficient (Wildman–Crippen LogP) is 3.44. The lowest BCUT2D eigenvalue weighted by Crippen LogP contribution is -2.42. The van der Waals surface area contributed by atoms with Gasteiger partial charge in [0.05, 0.1) is 0 Å². The zero-order valence-corrected chi connectivity index (χ0v) is 15.5. The maximum atomic E-state index is 12.3. The van der Waals surface area contributed by atoms with Gasteiger partial charge in [0, 0.05) is 24.7 Å². The predicted molar refractivity (Wildman–Crippen MR) is 103 cm³/mol. The lowest BCUT2D eigenvalue weighted by molar-refractivity contribution is -0.116. The zero-order valence-electron chi connectivity index (χ0n) is 15.5. The van der Waals surface area contributed by atoms with Crippen molar-refractivity contribution in [3.8, 4) is 0 Å². The molecule has 5 nitrogen and oxygen atoms in total. The molecule has 1 fully saturated rings. The van der Waals surface area contributed by atoms with Crippen LogP contribution in [0.15, 0.2) is 48.5 Å². The first kappa shape index (κ1) is 18.0. The van der Waals surface area contributed by atoms with Crippen molar-refractivity contribution >= 4 is 17.6 Å². The quantitative estimate of drug-likeness (QED) is 0.867. The molecular formula is C21H25N3O2. The second-order valence-electron chi connectivity index (χ2n) is 6.96. The van der Waals surface area contributed by atoms with E-state index in [4.69, 9.17) is 0 Å². The molecule has 1 aliphatic carbocycles. The number of likely N-dealkylation sites (N-methyl/N-ethyl adjacent to an activating group) is 1. The molecule has 0 spiro atoms. The van der Waals surface area contributed by atoms with Crippen LogP contribution in [0.5, 0.6) is 0 Å². The summed E-state index contributed by atoms with van der Waals surface area (Å²) in [4.78, 5) is 26.0. The van der Waals surface area contributed by atoms with Crippen LogP contribution in [0.25, 0.3) is 0 Å². The van der Waals surface area contributed by atoms with E-state index in [2.05, 4.69) is 22.8 Å². The first-order chi connectivity index (χ1) is 12.5. The van der Waals surface area contributed by atoms with Crippen LogP contribution in [0.2, 0.25) is 0 Å². The fourth-order valence-corrected chi connectivity index (χ4v) is 3.06. The second-order valence-corrected chi connectivity index (χ2v) is 6.96. The highest BCUT2D eigenvalue weighted by Gasteiger charge is 2.39. The summed E-state index contributed by atoms with van der Waals surface area (Å²) in [6, 6.07) is 15.9. The van der Waals surface area contributed by atoms with E-state index in [0.717, 1.165) is 23.2 Å². The molecule has 1 aliphatic rings. The Bertz CT molecular complexity index is 804. The monoisotopic (exact) mass is 351 g/mol. The van der Waals surface area contributed by atoms with Gasteiger partial charge in [-0.05, 0) is 43.0 Å². The third-order valence-electron chi connectivity index (χ3n) is 4.93. The Kier molecular flexibility index (Phi) is 5.26. The van der Waals surface area contributed by atoms with Crippen molar-refractivity contribution in [3.63, 3.8) is 0 Å². The topological polar surface area (TPSA) is 61.4 Å². The maximum Gasteiger partial charge on any atom is 0.317 e. The van der Waals surface area contributed by atoms with Crippen molar-refractivity contribution < 1.29 is 9.59 Å². The smallest absolute Gasteiger partial charge is 0.317 e. The number of rotatable bonds is 5. The van der Waals surface area contributed by atoms with Crippen LogP contribution in [0.4, 0.5) is 10.5 Å². The Morgan fingerprint density at radius 2 is 1.81 bits per heavy atom. The van der Waals surface area contributed by atoms with Crippen LogP contribution in [-0.4, -0.2) is 36.5 Å². The van der Waals surface area contributed by atoms with Gasteiger partial charge in [-0.2, -0.15) is 0 Å². The summed E-state index contributed by atoms with van der Waals surface area (Å²) in [5.41, 5.74) is 4.19. The maximum absolute atomic E-state index is 12.3. The van der Waals surface area contributed by atoms with E-state index in [1.54, 1.807) is 7.05 Å². The average molecular weight is 351 g/mol. The molecule has 0 radical (unpaired) electrons. The minimum Gasteiger partial charge on any atom is -0.335 e. The SMILES string of the molecule is Cc1cccc(NC(=O)CN(C)C(=O)NC2CC2c2ccccc2)c1C. The van der Waals surface area contributed by atoms with Crippen LogP contribution in [0.3, 0.4) is 0 Å². The van der Waals surface area contributed by atoms with E-state index in [9.17, 15) is 9.59 Å². The van der Waals surface area contributed by atoms with E-state index in [1.165, 1.54) is 10.5 Å². The van der Waals surface area contributed by atoms with Crippen LogP contribution in [0, 0.1) is 13.8 Å². The lowest BCUT2D eigenvalue weighted by atomic mass is 10.1. The molecule has 2 atom stereocenters. The molecule has 2 unspecified atom stereocenters. The molecule has 0 saturated heterocycles. The molecule has 1 saturated carbocycles. The molecular weight excluding hydrogens is 326 g/mol. The number of hydrogen-bond donors (Lipinski definition) is 2. The number of carbonyl (C=O) groups is 2. The Balaban J connectivity index is 1.48. The summed E-state index contributed by atoms with van der Waals surface area (Å²) in [6.07, 6.45) is 0.943. The third kappa shape index (κ3) is 4.23. The number of hydrogen-bond acceptors (Lipinski definition) is 2. The molecule has 0 bridgehead atoms. The van der Waals surface area contributed by atoms with Crippen molar-refractivity contribution in [3.05, 3.63) is 65.2 Å². The van der Waals surface area contributed by atoms with Crippen molar-refractivity contribution in [2.75, 3.05) is 18.9 Å². The van der Waals surface area contributed by atoms with Crippen LogP contribution < -0.4 is 10.6 Å². The number of urea groups is 1. The van der Waals surface area contributed by atoms with E-state index < -0.39 is 0 Å². The average Bonchev–Trinajstić information content (AvgIpc) is 3.38. The molecule has 136 valence electrons.